The maximum atomic E-state index is 13.5. The van der Waals surface area contributed by atoms with E-state index in [-0.39, 0.29) is 5.69 Å². The number of halogens is 7. The summed E-state index contributed by atoms with van der Waals surface area (Å²) in [4.78, 5) is 19.1. The number of nitrogens with zero attached hydrogens (tertiary/aromatic N) is 4. The molecular formula is C21H16F7N5O2S. The molecule has 0 bridgehead atoms. The van der Waals surface area contributed by atoms with Crippen molar-refractivity contribution in [2.75, 3.05) is 0 Å². The van der Waals surface area contributed by atoms with E-state index in [2.05, 4.69) is 20.4 Å². The highest BCUT2D eigenvalue weighted by molar-refractivity contribution is 7.92. The van der Waals surface area contributed by atoms with Crippen LogP contribution in [-0.2, 0) is 34.7 Å². The Balaban J connectivity index is 1.47. The number of aromatic nitrogens is 4. The van der Waals surface area contributed by atoms with E-state index >= 15 is 0 Å². The van der Waals surface area contributed by atoms with Crippen LogP contribution >= 0.6 is 0 Å². The molecule has 1 amide bonds. The molecule has 0 aliphatic heterocycles. The molecule has 1 fully saturated rings. The summed E-state index contributed by atoms with van der Waals surface area (Å²) in [6.07, 6.45) is -7.37. The minimum atomic E-state index is -4.95. The second-order valence-electron chi connectivity index (χ2n) is 7.93. The van der Waals surface area contributed by atoms with Gasteiger partial charge in [0.05, 0.1) is 24.9 Å². The van der Waals surface area contributed by atoms with Crippen molar-refractivity contribution in [1.82, 2.24) is 25.1 Å². The van der Waals surface area contributed by atoms with Crippen LogP contribution in [0.25, 0.3) is 5.69 Å². The van der Waals surface area contributed by atoms with Gasteiger partial charge in [-0.05, 0) is 48.3 Å². The Kier molecular flexibility index (Phi) is 6.96. The average Bonchev–Trinajstić information content (AvgIpc) is 3.21. The fourth-order valence-corrected chi connectivity index (χ4v) is 5.17. The minimum absolute atomic E-state index is 0.270. The molecule has 1 unspecified atom stereocenters. The number of alkyl halides is 6. The van der Waals surface area contributed by atoms with Gasteiger partial charge < -0.3 is 9.87 Å². The first-order valence-corrected chi connectivity index (χ1v) is 11.5. The smallest absolute Gasteiger partial charge is 0.451 e. The van der Waals surface area contributed by atoms with E-state index in [1.54, 1.807) is 0 Å². The van der Waals surface area contributed by atoms with Crippen LogP contribution in [0.4, 0.5) is 30.7 Å². The van der Waals surface area contributed by atoms with Crippen molar-refractivity contribution in [1.29, 1.82) is 0 Å². The van der Waals surface area contributed by atoms with Crippen LogP contribution in [0.1, 0.15) is 29.9 Å². The minimum Gasteiger partial charge on any atom is -0.611 e. The van der Waals surface area contributed by atoms with Crippen LogP contribution in [0.2, 0.25) is 0 Å². The van der Waals surface area contributed by atoms with Crippen molar-refractivity contribution in [2.45, 2.75) is 47.8 Å². The number of carbonyl (C=O) groups is 1. The average molecular weight is 535 g/mol. The normalized spacial score (nSPS) is 19.0. The summed E-state index contributed by atoms with van der Waals surface area (Å²) in [6, 6.07) is 4.46. The van der Waals surface area contributed by atoms with E-state index < -0.39 is 70.0 Å². The van der Waals surface area contributed by atoms with E-state index in [4.69, 9.17) is 0 Å². The molecule has 15 heteroatoms. The second kappa shape index (κ2) is 9.69. The van der Waals surface area contributed by atoms with Crippen molar-refractivity contribution < 1.29 is 40.1 Å². The molecule has 3 aromatic rings. The van der Waals surface area contributed by atoms with E-state index in [1.807, 2.05) is 0 Å². The molecule has 4 rings (SSSR count). The predicted molar refractivity (Wildman–Crippen MR) is 111 cm³/mol. The number of rotatable bonds is 6. The molecule has 1 saturated carbocycles. The third-order valence-electron chi connectivity index (χ3n) is 5.44. The van der Waals surface area contributed by atoms with Gasteiger partial charge in [0.15, 0.2) is 10.6 Å². The summed E-state index contributed by atoms with van der Waals surface area (Å²) in [6.45, 7) is 0. The van der Waals surface area contributed by atoms with Gasteiger partial charge in [0.1, 0.15) is 16.8 Å². The Labute approximate surface area is 201 Å². The summed E-state index contributed by atoms with van der Waals surface area (Å²) in [5, 5.41) is 5.45. The van der Waals surface area contributed by atoms with Gasteiger partial charge in [-0.2, -0.15) is 31.4 Å². The Bertz CT molecular complexity index is 1230. The molecule has 1 N–H and O–H groups in total. The zero-order valence-electron chi connectivity index (χ0n) is 18.0. The van der Waals surface area contributed by atoms with E-state index in [0.29, 0.717) is 34.8 Å². The highest BCUT2D eigenvalue weighted by Crippen LogP contribution is 2.34. The number of nitrogens with one attached hydrogen (secondary N) is 1. The number of amides is 1. The SMILES string of the molecule is O=C(Cc1cn(-c2cnc(C(F)(F)F)nc2)nc1C(F)(F)F)N[C@@H]1CC[C@@H]1[S+]([O-])c1ccc(F)cc1. The molecule has 1 aliphatic rings. The molecule has 192 valence electrons. The van der Waals surface area contributed by atoms with Gasteiger partial charge in [-0.15, -0.1) is 0 Å². The molecule has 0 spiro atoms. The molecule has 0 saturated heterocycles. The van der Waals surface area contributed by atoms with Gasteiger partial charge in [0.2, 0.25) is 11.7 Å². The maximum absolute atomic E-state index is 13.5. The standard InChI is InChI=1S/C21H16F7N5O2S/c22-12-1-3-14(4-2-12)36(35)16-6-5-15(16)31-17(34)7-11-10-33(32-18(11)20(23,24)25)13-8-29-19(30-9-13)21(26,27)28/h1-4,8-10,15-16H,5-7H2,(H,31,34)/t15-,16+,36?/m1/s1. The van der Waals surface area contributed by atoms with Crippen LogP contribution in [0.15, 0.2) is 47.8 Å². The van der Waals surface area contributed by atoms with Crippen LogP contribution < -0.4 is 5.32 Å². The number of benzene rings is 1. The van der Waals surface area contributed by atoms with Crippen molar-refractivity contribution in [3.8, 4) is 5.69 Å². The first kappa shape index (κ1) is 25.9. The molecular weight excluding hydrogens is 519 g/mol. The summed E-state index contributed by atoms with van der Waals surface area (Å²) in [5.41, 5.74) is -2.18. The van der Waals surface area contributed by atoms with Gasteiger partial charge in [-0.3, -0.25) is 4.79 Å². The van der Waals surface area contributed by atoms with E-state index in [9.17, 15) is 40.1 Å². The van der Waals surface area contributed by atoms with Crippen molar-refractivity contribution in [3.63, 3.8) is 0 Å². The lowest BCUT2D eigenvalue weighted by atomic mass is 9.92. The summed E-state index contributed by atoms with van der Waals surface area (Å²) in [5.74, 6) is -2.75. The lowest BCUT2D eigenvalue weighted by Crippen LogP contribution is -2.54. The molecule has 1 aliphatic carbocycles. The van der Waals surface area contributed by atoms with Crippen molar-refractivity contribution in [3.05, 3.63) is 65.8 Å². The second-order valence-corrected chi connectivity index (χ2v) is 9.60. The van der Waals surface area contributed by atoms with Gasteiger partial charge in [0, 0.05) is 11.8 Å². The predicted octanol–water partition coefficient (Wildman–Crippen LogP) is 3.84. The lowest BCUT2D eigenvalue weighted by Gasteiger charge is -2.37. The zero-order valence-corrected chi connectivity index (χ0v) is 18.8. The lowest BCUT2D eigenvalue weighted by molar-refractivity contribution is -0.145. The number of carbonyl (C=O) groups excluding carboxylic acids is 1. The molecule has 2 heterocycles. The van der Waals surface area contributed by atoms with Crippen LogP contribution in [0, 0.1) is 5.82 Å². The van der Waals surface area contributed by atoms with Crippen LogP contribution in [0.5, 0.6) is 0 Å². The largest absolute Gasteiger partial charge is 0.611 e. The molecule has 36 heavy (non-hydrogen) atoms. The number of hydrogen-bond donors (Lipinski definition) is 1. The molecule has 1 aromatic carbocycles. The van der Waals surface area contributed by atoms with Crippen LogP contribution in [0.3, 0.4) is 0 Å². The third kappa shape index (κ3) is 5.61. The summed E-state index contributed by atoms with van der Waals surface area (Å²) >= 11 is -1.56. The van der Waals surface area contributed by atoms with Gasteiger partial charge in [0.25, 0.3) is 0 Å². The Morgan fingerprint density at radius 3 is 2.22 bits per heavy atom. The summed E-state index contributed by atoms with van der Waals surface area (Å²) < 4.78 is 105. The first-order chi connectivity index (χ1) is 16.8. The molecule has 2 aromatic heterocycles. The quantitative estimate of drug-likeness (QED) is 0.383. The maximum Gasteiger partial charge on any atom is 0.451 e. The highest BCUT2D eigenvalue weighted by Gasteiger charge is 2.43. The zero-order chi connectivity index (χ0) is 26.3. The number of hydrogen-bond acceptors (Lipinski definition) is 5. The highest BCUT2D eigenvalue weighted by atomic mass is 32.2. The molecule has 0 radical (unpaired) electrons. The summed E-state index contributed by atoms with van der Waals surface area (Å²) in [7, 11) is 0. The topological polar surface area (TPSA) is 95.8 Å². The van der Waals surface area contributed by atoms with Crippen molar-refractivity contribution >= 4 is 17.1 Å². The molecule has 7 nitrogen and oxygen atoms in total. The van der Waals surface area contributed by atoms with Crippen LogP contribution in [-0.4, -0.2) is 41.5 Å². The fraction of sp³-hybridized carbons (Fsp3) is 0.333. The fourth-order valence-electron chi connectivity index (χ4n) is 3.56. The van der Waals surface area contributed by atoms with Gasteiger partial charge in [-0.25, -0.2) is 19.0 Å². The Morgan fingerprint density at radius 2 is 1.69 bits per heavy atom. The van der Waals surface area contributed by atoms with Crippen molar-refractivity contribution in [2.24, 2.45) is 0 Å². The van der Waals surface area contributed by atoms with E-state index in [0.717, 1.165) is 18.3 Å². The third-order valence-corrected chi connectivity index (χ3v) is 7.30. The van der Waals surface area contributed by atoms with Gasteiger partial charge >= 0.3 is 12.4 Å². The Morgan fingerprint density at radius 1 is 1.06 bits per heavy atom. The van der Waals surface area contributed by atoms with Gasteiger partial charge in [-0.1, -0.05) is 0 Å². The Hall–Kier alpha value is -3.20. The first-order valence-electron chi connectivity index (χ1n) is 10.3. The van der Waals surface area contributed by atoms with E-state index in [1.165, 1.54) is 12.1 Å². The monoisotopic (exact) mass is 535 g/mol. The molecule has 3 atom stereocenters.